The van der Waals surface area contributed by atoms with Crippen LogP contribution in [0.5, 0.6) is 0 Å². The summed E-state index contributed by atoms with van der Waals surface area (Å²) in [4.78, 5) is 21.3. The second kappa shape index (κ2) is 7.67. The van der Waals surface area contributed by atoms with Crippen molar-refractivity contribution in [1.29, 1.82) is 0 Å². The summed E-state index contributed by atoms with van der Waals surface area (Å²) in [6.07, 6.45) is 0.195. The molecule has 0 aliphatic heterocycles. The Balaban J connectivity index is 1.98. The summed E-state index contributed by atoms with van der Waals surface area (Å²) in [6, 6.07) is 18.4. The maximum atomic E-state index is 12.0. The lowest BCUT2D eigenvalue weighted by molar-refractivity contribution is -0.144. The molecule has 0 saturated carbocycles. The van der Waals surface area contributed by atoms with Crippen LogP contribution in [-0.4, -0.2) is 16.5 Å². The Morgan fingerprint density at radius 1 is 1.00 bits per heavy atom. The molecule has 4 nitrogen and oxygen atoms in total. The molecule has 0 fully saturated rings. The predicted octanol–water partition coefficient (Wildman–Crippen LogP) is 3.08. The number of hydrogen-bond acceptors (Lipinski definition) is 3. The fraction of sp³-hybridized carbons (Fsp3) is 0.188. The maximum Gasteiger partial charge on any atom is 0.521 e. The van der Waals surface area contributed by atoms with Crippen molar-refractivity contribution >= 4 is 14.0 Å². The van der Waals surface area contributed by atoms with Crippen molar-refractivity contribution in [2.45, 2.75) is 18.7 Å². The van der Waals surface area contributed by atoms with Crippen molar-refractivity contribution in [2.24, 2.45) is 0 Å². The Kier molecular flexibility index (Phi) is 5.61. The minimum Gasteiger partial charge on any atom is -0.457 e. The number of benzene rings is 2. The molecule has 5 heteroatoms. The van der Waals surface area contributed by atoms with Gasteiger partial charge in [0, 0.05) is 6.42 Å². The van der Waals surface area contributed by atoms with E-state index in [0.29, 0.717) is 0 Å². The van der Waals surface area contributed by atoms with E-state index in [1.54, 1.807) is 0 Å². The molecule has 2 atom stereocenters. The highest BCUT2D eigenvalue weighted by atomic mass is 31.1. The molecule has 1 N–H and O–H groups in total. The Morgan fingerprint density at radius 3 is 2.05 bits per heavy atom. The Morgan fingerprint density at radius 2 is 1.52 bits per heavy atom. The van der Waals surface area contributed by atoms with Crippen molar-refractivity contribution in [2.75, 3.05) is 0 Å². The average molecular weight is 303 g/mol. The van der Waals surface area contributed by atoms with Gasteiger partial charge in [-0.15, -0.1) is 0 Å². The molecule has 1 unspecified atom stereocenters. The van der Waals surface area contributed by atoms with Gasteiger partial charge in [-0.3, -0.25) is 0 Å². The van der Waals surface area contributed by atoms with Gasteiger partial charge in [0.15, 0.2) is 0 Å². The summed E-state index contributed by atoms with van der Waals surface area (Å²) < 4.78 is 16.5. The van der Waals surface area contributed by atoms with Crippen LogP contribution < -0.4 is 0 Å². The van der Waals surface area contributed by atoms with E-state index in [2.05, 4.69) is 0 Å². The molecule has 2 aromatic rings. The fourth-order valence-electron chi connectivity index (χ4n) is 1.91. The summed E-state index contributed by atoms with van der Waals surface area (Å²) in [7, 11) is -2.63. The Hall–Kier alpha value is -2.03. The maximum absolute atomic E-state index is 12.0. The van der Waals surface area contributed by atoms with Crippen LogP contribution in [0.25, 0.3) is 0 Å². The van der Waals surface area contributed by atoms with Gasteiger partial charge in [-0.25, -0.2) is 4.79 Å². The molecule has 0 spiro atoms. The normalized spacial score (nSPS) is 12.5. The largest absolute Gasteiger partial charge is 0.521 e. The monoisotopic (exact) mass is 303 g/mol. The van der Waals surface area contributed by atoms with Gasteiger partial charge in [-0.2, -0.15) is 4.89 Å². The van der Waals surface area contributed by atoms with Crippen LogP contribution in [0.3, 0.4) is 0 Å². The van der Waals surface area contributed by atoms with Crippen LogP contribution >= 0.6 is 8.03 Å². The third kappa shape index (κ3) is 4.78. The Bertz CT molecular complexity index is 598. The first kappa shape index (κ1) is 15.4. The lowest BCUT2D eigenvalue weighted by Crippen LogP contribution is -2.22. The van der Waals surface area contributed by atoms with Crippen molar-refractivity contribution in [3.8, 4) is 0 Å². The molecule has 2 aromatic carbocycles. The van der Waals surface area contributed by atoms with E-state index in [4.69, 9.17) is 4.74 Å². The van der Waals surface area contributed by atoms with Crippen LogP contribution in [0, 0.1) is 0 Å². The second-order valence-corrected chi connectivity index (χ2v) is 5.83. The van der Waals surface area contributed by atoms with Crippen LogP contribution in [0.15, 0.2) is 60.7 Å². The summed E-state index contributed by atoms with van der Waals surface area (Å²) in [5, 5.41) is 0. The zero-order valence-electron chi connectivity index (χ0n) is 11.4. The molecule has 0 aliphatic rings. The van der Waals surface area contributed by atoms with E-state index in [9.17, 15) is 14.3 Å². The van der Waals surface area contributed by atoms with Crippen molar-refractivity contribution in [1.82, 2.24) is 0 Å². The van der Waals surface area contributed by atoms with Crippen LogP contribution in [-0.2, 0) is 27.1 Å². The van der Waals surface area contributed by atoms with Gasteiger partial charge in [-0.1, -0.05) is 60.7 Å². The van der Waals surface area contributed by atoms with E-state index >= 15 is 0 Å². The summed E-state index contributed by atoms with van der Waals surface area (Å²) >= 11 is 0. The van der Waals surface area contributed by atoms with Gasteiger partial charge < -0.3 is 4.74 Å². The van der Waals surface area contributed by atoms with Gasteiger partial charge >= 0.3 is 14.0 Å². The predicted molar refractivity (Wildman–Crippen MR) is 80.0 cm³/mol. The molecule has 21 heavy (non-hydrogen) atoms. The standard InChI is InChI=1S/C16H15O4P/c17-16(20-12-14-9-5-2-6-10-14)15(21(18)19)11-13-7-3-1-4-8-13/h1-10,15H,11-12H2/p+1/t15-/m1/s1. The van der Waals surface area contributed by atoms with Crippen molar-refractivity contribution in [3.05, 3.63) is 71.8 Å². The molecule has 0 amide bonds. The van der Waals surface area contributed by atoms with Crippen molar-refractivity contribution in [3.63, 3.8) is 0 Å². The van der Waals surface area contributed by atoms with E-state index in [1.807, 2.05) is 60.7 Å². The highest BCUT2D eigenvalue weighted by Gasteiger charge is 2.38. The first-order valence-corrected chi connectivity index (χ1v) is 7.84. The summed E-state index contributed by atoms with van der Waals surface area (Å²) in [5.74, 6) is -0.647. The van der Waals surface area contributed by atoms with E-state index in [1.165, 1.54) is 0 Å². The average Bonchev–Trinajstić information content (AvgIpc) is 2.52. The number of hydrogen-bond donors (Lipinski definition) is 1. The highest BCUT2D eigenvalue weighted by Crippen LogP contribution is 2.27. The SMILES string of the molecule is O=C(OCc1ccccc1)[C@@H](Cc1ccccc1)[P+](=O)O. The van der Waals surface area contributed by atoms with Gasteiger partial charge in [0.2, 0.25) is 0 Å². The van der Waals surface area contributed by atoms with Gasteiger partial charge in [0.1, 0.15) is 6.61 Å². The van der Waals surface area contributed by atoms with Gasteiger partial charge in [-0.05, 0) is 15.7 Å². The Labute approximate surface area is 124 Å². The topological polar surface area (TPSA) is 63.6 Å². The summed E-state index contributed by atoms with van der Waals surface area (Å²) in [5.41, 5.74) is 0.639. The number of esters is 1. The van der Waals surface area contributed by atoms with E-state index < -0.39 is 19.7 Å². The zero-order chi connectivity index (χ0) is 15.1. The molecule has 0 radical (unpaired) electrons. The number of carbonyl (C=O) groups excluding carboxylic acids is 1. The number of carbonyl (C=O) groups is 1. The molecule has 108 valence electrons. The van der Waals surface area contributed by atoms with Gasteiger partial charge in [0.25, 0.3) is 5.66 Å². The van der Waals surface area contributed by atoms with Crippen molar-refractivity contribution < 1.29 is 19.0 Å². The quantitative estimate of drug-likeness (QED) is 0.658. The van der Waals surface area contributed by atoms with Crippen LogP contribution in [0.2, 0.25) is 0 Å². The lowest BCUT2D eigenvalue weighted by Gasteiger charge is -2.07. The molecule has 0 bridgehead atoms. The highest BCUT2D eigenvalue weighted by molar-refractivity contribution is 7.40. The number of rotatable bonds is 6. The lowest BCUT2D eigenvalue weighted by atomic mass is 10.1. The third-order valence-electron chi connectivity index (χ3n) is 3.03. The third-order valence-corrected chi connectivity index (χ3v) is 3.96. The molecule has 0 aliphatic carbocycles. The first-order valence-electron chi connectivity index (χ1n) is 6.56. The second-order valence-electron chi connectivity index (χ2n) is 4.60. The van der Waals surface area contributed by atoms with Crippen LogP contribution in [0.1, 0.15) is 11.1 Å². The molecular weight excluding hydrogens is 287 g/mol. The minimum absolute atomic E-state index is 0.105. The number of ether oxygens (including phenoxy) is 1. The first-order chi connectivity index (χ1) is 10.2. The molecule has 0 heterocycles. The fourth-order valence-corrected chi connectivity index (χ4v) is 2.54. The van der Waals surface area contributed by atoms with E-state index in [-0.39, 0.29) is 13.0 Å². The molecule has 2 rings (SSSR count). The zero-order valence-corrected chi connectivity index (χ0v) is 12.3. The van der Waals surface area contributed by atoms with Crippen LogP contribution in [0.4, 0.5) is 0 Å². The van der Waals surface area contributed by atoms with Gasteiger partial charge in [0.05, 0.1) is 0 Å². The minimum atomic E-state index is -2.63. The molecule has 0 saturated heterocycles. The van der Waals surface area contributed by atoms with E-state index in [0.717, 1.165) is 11.1 Å². The summed E-state index contributed by atoms with van der Waals surface area (Å²) in [6.45, 7) is 0.105. The molecular formula is C16H16O4P+. The smallest absolute Gasteiger partial charge is 0.457 e. The molecule has 0 aromatic heterocycles.